The topological polar surface area (TPSA) is 51.4 Å². The molecule has 5 nitrogen and oxygen atoms in total. The summed E-state index contributed by atoms with van der Waals surface area (Å²) >= 11 is 0. The Hall–Kier alpha value is -1.10. The van der Waals surface area contributed by atoms with Crippen LogP contribution in [0.1, 0.15) is 66.1 Å². The highest BCUT2D eigenvalue weighted by atomic mass is 16.5. The maximum absolute atomic E-state index is 6.08. The average molecular weight is 295 g/mol. The Balaban J connectivity index is 1.87. The lowest BCUT2D eigenvalue weighted by Crippen LogP contribution is -2.40. The van der Waals surface area contributed by atoms with Crippen molar-refractivity contribution in [2.24, 2.45) is 5.92 Å². The molecule has 5 heteroatoms. The molecule has 1 aromatic heterocycles. The Kier molecular flexibility index (Phi) is 4.91. The number of hydrogen-bond acceptors (Lipinski definition) is 5. The van der Waals surface area contributed by atoms with Crippen molar-refractivity contribution in [2.45, 2.75) is 72.0 Å². The van der Waals surface area contributed by atoms with Gasteiger partial charge in [-0.25, -0.2) is 0 Å². The molecule has 0 spiro atoms. The predicted octanol–water partition coefficient (Wildman–Crippen LogP) is 3.61. The van der Waals surface area contributed by atoms with Crippen LogP contribution in [0, 0.1) is 5.92 Å². The molecule has 1 aliphatic rings. The van der Waals surface area contributed by atoms with Crippen LogP contribution < -0.4 is 4.90 Å². The van der Waals surface area contributed by atoms with E-state index in [-0.39, 0.29) is 5.60 Å². The molecule has 0 N–H and O–H groups in total. The minimum Gasteiger partial charge on any atom is -0.373 e. The zero-order chi connectivity index (χ0) is 15.6. The van der Waals surface area contributed by atoms with Gasteiger partial charge in [0.05, 0.1) is 11.7 Å². The van der Waals surface area contributed by atoms with Gasteiger partial charge in [0.2, 0.25) is 0 Å². The van der Waals surface area contributed by atoms with Crippen molar-refractivity contribution >= 4 is 6.01 Å². The van der Waals surface area contributed by atoms with Crippen molar-refractivity contribution in [1.82, 2.24) is 10.1 Å². The fraction of sp³-hybridized carbons (Fsp3) is 0.875. The Morgan fingerprint density at radius 1 is 1.19 bits per heavy atom. The van der Waals surface area contributed by atoms with Gasteiger partial charge in [0.25, 0.3) is 0 Å². The first-order chi connectivity index (χ1) is 9.76. The van der Waals surface area contributed by atoms with Crippen LogP contribution in [0.2, 0.25) is 0 Å². The average Bonchev–Trinajstić information content (AvgIpc) is 2.86. The largest absolute Gasteiger partial charge is 0.373 e. The molecule has 1 aliphatic heterocycles. The van der Waals surface area contributed by atoms with E-state index < -0.39 is 0 Å². The molecule has 0 amide bonds. The van der Waals surface area contributed by atoms with E-state index in [0.29, 0.717) is 24.0 Å². The van der Waals surface area contributed by atoms with Gasteiger partial charge in [-0.05, 0) is 46.5 Å². The minimum absolute atomic E-state index is 0.0742. The first-order valence-electron chi connectivity index (χ1n) is 8.02. The molecule has 2 heterocycles. The lowest BCUT2D eigenvalue weighted by atomic mass is 9.91. The van der Waals surface area contributed by atoms with Crippen LogP contribution in [0.15, 0.2) is 4.52 Å². The minimum atomic E-state index is -0.0742. The summed E-state index contributed by atoms with van der Waals surface area (Å²) in [4.78, 5) is 6.67. The molecule has 1 aromatic rings. The maximum Gasteiger partial charge on any atom is 0.324 e. The van der Waals surface area contributed by atoms with E-state index in [0.717, 1.165) is 31.8 Å². The van der Waals surface area contributed by atoms with Crippen LogP contribution in [-0.2, 0) is 4.74 Å². The summed E-state index contributed by atoms with van der Waals surface area (Å²) in [5, 5.41) is 4.04. The summed E-state index contributed by atoms with van der Waals surface area (Å²) in [6, 6.07) is 0.668. The third kappa shape index (κ3) is 4.43. The Bertz CT molecular complexity index is 443. The Labute approximate surface area is 128 Å². The van der Waals surface area contributed by atoms with E-state index in [9.17, 15) is 0 Å². The third-order valence-electron chi connectivity index (χ3n) is 3.96. The smallest absolute Gasteiger partial charge is 0.324 e. The summed E-state index contributed by atoms with van der Waals surface area (Å²) < 4.78 is 11.5. The van der Waals surface area contributed by atoms with Crippen LogP contribution in [-0.4, -0.2) is 34.9 Å². The molecule has 0 saturated carbocycles. The Morgan fingerprint density at radius 2 is 1.81 bits per heavy atom. The summed E-state index contributed by atoms with van der Waals surface area (Å²) in [5.41, 5.74) is -0.0742. The molecule has 21 heavy (non-hydrogen) atoms. The van der Waals surface area contributed by atoms with Crippen molar-refractivity contribution in [2.75, 3.05) is 18.0 Å². The van der Waals surface area contributed by atoms with Crippen molar-refractivity contribution < 1.29 is 9.26 Å². The number of piperidine rings is 1. The van der Waals surface area contributed by atoms with Crippen molar-refractivity contribution in [1.29, 1.82) is 0 Å². The fourth-order valence-corrected chi connectivity index (χ4v) is 2.80. The lowest BCUT2D eigenvalue weighted by Gasteiger charge is -2.36. The maximum atomic E-state index is 6.08. The molecule has 0 radical (unpaired) electrons. The predicted molar refractivity (Wildman–Crippen MR) is 83.6 cm³/mol. The summed E-state index contributed by atoms with van der Waals surface area (Å²) in [6.45, 7) is 14.6. The molecule has 120 valence electrons. The molecular weight excluding hydrogens is 266 g/mol. The van der Waals surface area contributed by atoms with Gasteiger partial charge in [0.15, 0.2) is 5.82 Å². The van der Waals surface area contributed by atoms with Crippen LogP contribution in [0.4, 0.5) is 6.01 Å². The summed E-state index contributed by atoms with van der Waals surface area (Å²) in [5.74, 6) is 1.70. The van der Waals surface area contributed by atoms with Crippen molar-refractivity contribution in [3.05, 3.63) is 5.82 Å². The highest BCUT2D eigenvalue weighted by molar-refractivity contribution is 5.26. The van der Waals surface area contributed by atoms with Gasteiger partial charge in [0.1, 0.15) is 0 Å². The van der Waals surface area contributed by atoms with E-state index in [4.69, 9.17) is 9.26 Å². The molecule has 1 atom stereocenters. The van der Waals surface area contributed by atoms with E-state index in [1.165, 1.54) is 0 Å². The quantitative estimate of drug-likeness (QED) is 0.849. The van der Waals surface area contributed by atoms with Gasteiger partial charge in [-0.2, -0.15) is 4.98 Å². The first kappa shape index (κ1) is 16.3. The highest BCUT2D eigenvalue weighted by Gasteiger charge is 2.29. The standard InChI is InChI=1S/C16H29N3O2/c1-11(2)14-17-15(21-18-14)19-9-7-13(8-10-19)12(3)20-16(4,5)6/h11-13H,7-10H2,1-6H3. The van der Waals surface area contributed by atoms with E-state index in [2.05, 4.69) is 56.6 Å². The number of ether oxygens (including phenoxy) is 1. The molecular formula is C16H29N3O2. The summed E-state index contributed by atoms with van der Waals surface area (Å²) in [7, 11) is 0. The van der Waals surface area contributed by atoms with E-state index in [1.54, 1.807) is 0 Å². The molecule has 1 saturated heterocycles. The van der Waals surface area contributed by atoms with E-state index in [1.807, 2.05) is 0 Å². The molecule has 0 bridgehead atoms. The number of hydrogen-bond donors (Lipinski definition) is 0. The molecule has 2 rings (SSSR count). The molecule has 0 aromatic carbocycles. The zero-order valence-corrected chi connectivity index (χ0v) is 14.2. The summed E-state index contributed by atoms with van der Waals surface area (Å²) in [6.07, 6.45) is 2.51. The first-order valence-corrected chi connectivity index (χ1v) is 8.02. The van der Waals surface area contributed by atoms with Gasteiger partial charge in [-0.3, -0.25) is 0 Å². The van der Waals surface area contributed by atoms with Gasteiger partial charge < -0.3 is 14.2 Å². The zero-order valence-electron chi connectivity index (χ0n) is 14.2. The van der Waals surface area contributed by atoms with E-state index >= 15 is 0 Å². The SMILES string of the molecule is CC(C)c1noc(N2CCC(C(C)OC(C)(C)C)CC2)n1. The second kappa shape index (κ2) is 6.34. The van der Waals surface area contributed by atoms with Crippen molar-refractivity contribution in [3.63, 3.8) is 0 Å². The fourth-order valence-electron chi connectivity index (χ4n) is 2.80. The van der Waals surface area contributed by atoms with Crippen LogP contribution in [0.5, 0.6) is 0 Å². The molecule has 0 aliphatic carbocycles. The Morgan fingerprint density at radius 3 is 2.29 bits per heavy atom. The third-order valence-corrected chi connectivity index (χ3v) is 3.96. The van der Waals surface area contributed by atoms with Crippen LogP contribution in [0.25, 0.3) is 0 Å². The van der Waals surface area contributed by atoms with Gasteiger partial charge in [-0.15, -0.1) is 0 Å². The normalized spacial score (nSPS) is 19.3. The van der Waals surface area contributed by atoms with Crippen LogP contribution >= 0.6 is 0 Å². The molecule has 1 fully saturated rings. The lowest BCUT2D eigenvalue weighted by molar-refractivity contribution is -0.0797. The number of anilines is 1. The second-order valence-corrected chi connectivity index (χ2v) is 7.35. The number of nitrogens with zero attached hydrogens (tertiary/aromatic N) is 3. The van der Waals surface area contributed by atoms with Crippen molar-refractivity contribution in [3.8, 4) is 0 Å². The van der Waals surface area contributed by atoms with Crippen LogP contribution in [0.3, 0.4) is 0 Å². The van der Waals surface area contributed by atoms with Gasteiger partial charge in [-0.1, -0.05) is 19.0 Å². The monoisotopic (exact) mass is 295 g/mol. The van der Waals surface area contributed by atoms with Gasteiger partial charge >= 0.3 is 6.01 Å². The number of aromatic nitrogens is 2. The number of rotatable bonds is 4. The second-order valence-electron chi connectivity index (χ2n) is 7.35. The molecule has 1 unspecified atom stereocenters. The van der Waals surface area contributed by atoms with Gasteiger partial charge in [0, 0.05) is 19.0 Å². The highest BCUT2D eigenvalue weighted by Crippen LogP contribution is 2.28.